The van der Waals surface area contributed by atoms with E-state index >= 15 is 0 Å². The molecular weight excluding hydrogens is 422 g/mol. The molecule has 2 aliphatic rings. The Bertz CT molecular complexity index is 921. The highest BCUT2D eigenvalue weighted by Crippen LogP contribution is 2.62. The first-order valence-corrected chi connectivity index (χ1v) is 12.8. The molecule has 0 amide bonds. The Labute approximate surface area is 158 Å². The number of rotatable bonds is 6. The number of ether oxygens (including phenoxy) is 2. The molecule has 2 fully saturated rings. The van der Waals surface area contributed by atoms with Crippen molar-refractivity contribution in [2.75, 3.05) is 13.8 Å². The summed E-state index contributed by atoms with van der Waals surface area (Å²) >= 11 is 4.95. The number of hydrogen-bond acceptors (Lipinski definition) is 7. The number of hydrogen-bond donors (Lipinski definition) is 4. The minimum absolute atomic E-state index is 0.205. The average molecular weight is 442 g/mol. The molecule has 0 radical (unpaired) electrons. The summed E-state index contributed by atoms with van der Waals surface area (Å²) in [6.07, 6.45) is -2.30. The maximum absolute atomic E-state index is 12.1. The molecule has 152 valence electrons. The van der Waals surface area contributed by atoms with Gasteiger partial charge in [0.2, 0.25) is 0 Å². The lowest BCUT2D eigenvalue weighted by atomic mass is 10.1. The van der Waals surface area contributed by atoms with Gasteiger partial charge in [0.25, 0.3) is 5.56 Å². The second-order valence-corrected chi connectivity index (χ2v) is 12.3. The van der Waals surface area contributed by atoms with Crippen LogP contribution in [0.1, 0.15) is 12.6 Å². The Kier molecular flexibility index (Phi) is 5.68. The second kappa shape index (κ2) is 7.29. The molecule has 1 saturated carbocycles. The second-order valence-electron chi connectivity index (χ2n) is 6.64. The van der Waals surface area contributed by atoms with Crippen molar-refractivity contribution < 1.29 is 33.2 Å². The van der Waals surface area contributed by atoms with Gasteiger partial charge in [0, 0.05) is 32.0 Å². The van der Waals surface area contributed by atoms with Gasteiger partial charge in [-0.3, -0.25) is 18.9 Å². The lowest BCUT2D eigenvalue weighted by Crippen LogP contribution is -2.39. The largest absolute Gasteiger partial charge is 0.374 e. The first-order valence-electron chi connectivity index (χ1n) is 7.96. The Morgan fingerprint density at radius 1 is 1.33 bits per heavy atom. The smallest absolute Gasteiger partial charge is 0.330 e. The van der Waals surface area contributed by atoms with Crippen LogP contribution in [-0.4, -0.2) is 62.0 Å². The van der Waals surface area contributed by atoms with E-state index in [1.54, 1.807) is 0 Å². The van der Waals surface area contributed by atoms with Crippen LogP contribution in [0.15, 0.2) is 21.9 Å². The van der Waals surface area contributed by atoms with Crippen LogP contribution in [0.2, 0.25) is 0 Å². The van der Waals surface area contributed by atoms with Crippen LogP contribution in [0, 0.1) is 5.92 Å². The molecule has 1 aromatic heterocycles. The standard InChI is InChI=1S/C13H20N2O9P2S/c1-22-11-10(24-25(2,18)27)9(6-5-7(6)26(19,20)21)23-12(11)15-4-3-8(16)14-13(15)17/h3-4,6-7,9-12H,5H2,1-2H3,(H,18,27)(H,14,16,17)(H2,19,20,21). The molecule has 2 heterocycles. The van der Waals surface area contributed by atoms with Crippen molar-refractivity contribution in [2.45, 2.75) is 36.6 Å². The number of aromatic nitrogens is 2. The topological polar surface area (TPSA) is 160 Å². The van der Waals surface area contributed by atoms with Crippen molar-refractivity contribution >= 4 is 25.9 Å². The minimum Gasteiger partial charge on any atom is -0.374 e. The monoisotopic (exact) mass is 442 g/mol. The third kappa shape index (κ3) is 4.50. The van der Waals surface area contributed by atoms with Crippen molar-refractivity contribution in [2.24, 2.45) is 5.92 Å². The van der Waals surface area contributed by atoms with E-state index in [1.165, 1.54) is 20.0 Å². The molecule has 7 unspecified atom stereocenters. The normalized spacial score (nSPS) is 35.7. The van der Waals surface area contributed by atoms with Crippen LogP contribution in [0.25, 0.3) is 0 Å². The van der Waals surface area contributed by atoms with E-state index in [-0.39, 0.29) is 6.42 Å². The number of nitrogens with zero attached hydrogens (tertiary/aromatic N) is 1. The van der Waals surface area contributed by atoms with E-state index < -0.39 is 61.5 Å². The zero-order chi connectivity index (χ0) is 20.1. The molecular formula is C13H20N2O9P2S. The SMILES string of the molecule is COC1C(OP(C)(O)=S)C(C2CC2P(=O)(O)O)OC1n1ccc(=O)[nH]c1=O. The van der Waals surface area contributed by atoms with E-state index in [2.05, 4.69) is 4.98 Å². The van der Waals surface area contributed by atoms with Gasteiger partial charge in [-0.15, -0.1) is 0 Å². The van der Waals surface area contributed by atoms with E-state index in [4.69, 9.17) is 25.8 Å². The summed E-state index contributed by atoms with van der Waals surface area (Å²) < 4.78 is 29.5. The van der Waals surface area contributed by atoms with Gasteiger partial charge in [0.15, 0.2) is 12.7 Å². The summed E-state index contributed by atoms with van der Waals surface area (Å²) in [5.74, 6) is -0.543. The highest BCUT2D eigenvalue weighted by atomic mass is 32.5. The molecule has 14 heteroatoms. The van der Waals surface area contributed by atoms with Crippen LogP contribution in [0.3, 0.4) is 0 Å². The third-order valence-electron chi connectivity index (χ3n) is 4.60. The van der Waals surface area contributed by atoms with Crippen LogP contribution in [-0.2, 0) is 30.4 Å². The van der Waals surface area contributed by atoms with Crippen molar-refractivity contribution in [3.63, 3.8) is 0 Å². The van der Waals surface area contributed by atoms with Gasteiger partial charge in [-0.2, -0.15) is 0 Å². The minimum atomic E-state index is -4.32. The van der Waals surface area contributed by atoms with Gasteiger partial charge < -0.3 is 28.7 Å². The summed E-state index contributed by atoms with van der Waals surface area (Å²) in [4.78, 5) is 54.4. The highest BCUT2D eigenvalue weighted by Gasteiger charge is 2.61. The summed E-state index contributed by atoms with van der Waals surface area (Å²) in [7, 11) is -2.97. The highest BCUT2D eigenvalue weighted by molar-refractivity contribution is 8.09. The fraction of sp³-hybridized carbons (Fsp3) is 0.692. The number of aromatic amines is 1. The van der Waals surface area contributed by atoms with E-state index in [9.17, 15) is 28.8 Å². The van der Waals surface area contributed by atoms with Gasteiger partial charge >= 0.3 is 13.3 Å². The molecule has 1 aliphatic heterocycles. The number of methoxy groups -OCH3 is 1. The maximum atomic E-state index is 12.1. The molecule has 1 saturated heterocycles. The Hall–Kier alpha value is -0.680. The van der Waals surface area contributed by atoms with Gasteiger partial charge in [0.1, 0.15) is 12.2 Å². The van der Waals surface area contributed by atoms with Crippen molar-refractivity contribution in [1.82, 2.24) is 9.55 Å². The average Bonchev–Trinajstić information content (AvgIpc) is 3.24. The maximum Gasteiger partial charge on any atom is 0.330 e. The fourth-order valence-corrected chi connectivity index (χ4v) is 5.57. The lowest BCUT2D eigenvalue weighted by molar-refractivity contribution is -0.0570. The molecule has 11 nitrogen and oxygen atoms in total. The van der Waals surface area contributed by atoms with Crippen molar-refractivity contribution in [3.05, 3.63) is 33.1 Å². The first-order chi connectivity index (χ1) is 12.4. The molecule has 0 aromatic carbocycles. The van der Waals surface area contributed by atoms with E-state index in [0.29, 0.717) is 0 Å². The third-order valence-corrected chi connectivity index (χ3v) is 6.95. The first kappa shape index (κ1) is 21.0. The molecule has 4 N–H and O–H groups in total. The Balaban J connectivity index is 1.97. The number of nitrogens with one attached hydrogen (secondary N) is 1. The Morgan fingerprint density at radius 3 is 2.48 bits per heavy atom. The van der Waals surface area contributed by atoms with Crippen LogP contribution in [0.4, 0.5) is 0 Å². The summed E-state index contributed by atoms with van der Waals surface area (Å²) in [6.45, 7) is -1.85. The van der Waals surface area contributed by atoms with E-state index in [1.807, 2.05) is 0 Å². The Morgan fingerprint density at radius 2 is 2.00 bits per heavy atom. The zero-order valence-corrected chi connectivity index (χ0v) is 17.0. The van der Waals surface area contributed by atoms with Gasteiger partial charge in [-0.25, -0.2) is 4.79 Å². The molecule has 3 rings (SSSR count). The van der Waals surface area contributed by atoms with Crippen molar-refractivity contribution in [3.8, 4) is 0 Å². The van der Waals surface area contributed by atoms with Crippen LogP contribution < -0.4 is 11.2 Å². The summed E-state index contributed by atoms with van der Waals surface area (Å²) in [6, 6.07) is 1.13. The van der Waals surface area contributed by atoms with Gasteiger partial charge in [-0.1, -0.05) is 0 Å². The van der Waals surface area contributed by atoms with Crippen molar-refractivity contribution in [1.29, 1.82) is 0 Å². The summed E-state index contributed by atoms with van der Waals surface area (Å²) in [5.41, 5.74) is -2.22. The molecule has 0 bridgehead atoms. The zero-order valence-electron chi connectivity index (χ0n) is 14.4. The predicted octanol–water partition coefficient (Wildman–Crippen LogP) is -0.668. The molecule has 1 aromatic rings. The van der Waals surface area contributed by atoms with E-state index in [0.717, 1.165) is 10.6 Å². The van der Waals surface area contributed by atoms with Gasteiger partial charge in [0.05, 0.1) is 11.8 Å². The van der Waals surface area contributed by atoms with Crippen LogP contribution >= 0.6 is 14.1 Å². The molecule has 0 spiro atoms. The van der Waals surface area contributed by atoms with Gasteiger partial charge in [-0.05, 0) is 18.2 Å². The molecule has 7 atom stereocenters. The molecule has 27 heavy (non-hydrogen) atoms. The quantitative estimate of drug-likeness (QED) is 0.416. The predicted molar refractivity (Wildman–Crippen MR) is 97.3 cm³/mol. The fourth-order valence-electron chi connectivity index (χ4n) is 3.40. The summed E-state index contributed by atoms with van der Waals surface area (Å²) in [5, 5.41) is 0. The lowest BCUT2D eigenvalue weighted by Gasteiger charge is -2.26. The van der Waals surface area contributed by atoms with Crippen LogP contribution in [0.5, 0.6) is 0 Å². The molecule has 1 aliphatic carbocycles. The number of H-pyrrole nitrogens is 1.